The van der Waals surface area contributed by atoms with E-state index < -0.39 is 28.8 Å². The fourth-order valence-electron chi connectivity index (χ4n) is 0.901. The Morgan fingerprint density at radius 2 is 2.00 bits per heavy atom. The van der Waals surface area contributed by atoms with Crippen LogP contribution in [-0.4, -0.2) is 45.4 Å². The van der Waals surface area contributed by atoms with Gasteiger partial charge in [0, 0.05) is 28.9 Å². The summed E-state index contributed by atoms with van der Waals surface area (Å²) in [7, 11) is -1.01. The fourth-order valence-corrected chi connectivity index (χ4v) is 1.22. The van der Waals surface area contributed by atoms with E-state index in [2.05, 4.69) is 10.6 Å². The molecule has 94 valence electrons. The van der Waals surface area contributed by atoms with Gasteiger partial charge in [0.15, 0.2) is 0 Å². The summed E-state index contributed by atoms with van der Waals surface area (Å²) in [5.74, 6) is -1.07. The number of amides is 2. The largest absolute Gasteiger partial charge is 0.480 e. The average molecular weight is 250 g/mol. The van der Waals surface area contributed by atoms with Gasteiger partial charge in [-0.1, -0.05) is 6.92 Å². The van der Waals surface area contributed by atoms with E-state index in [1.807, 2.05) is 0 Å². The van der Waals surface area contributed by atoms with E-state index >= 15 is 0 Å². The molecule has 0 aliphatic rings. The lowest BCUT2D eigenvalue weighted by molar-refractivity contribution is -0.139. The molecule has 7 heteroatoms. The van der Waals surface area contributed by atoms with Crippen LogP contribution in [0.25, 0.3) is 0 Å². The molecule has 0 aliphatic heterocycles. The van der Waals surface area contributed by atoms with E-state index in [1.54, 1.807) is 20.1 Å². The molecule has 0 aromatic rings. The Balaban J connectivity index is 3.99. The molecule has 6 nitrogen and oxygen atoms in total. The Morgan fingerprint density at radius 1 is 1.44 bits per heavy atom. The molecule has 3 N–H and O–H groups in total. The number of hydrogen-bond donors (Lipinski definition) is 3. The Labute approximate surface area is 97.3 Å². The van der Waals surface area contributed by atoms with Gasteiger partial charge in [-0.25, -0.2) is 9.59 Å². The van der Waals surface area contributed by atoms with E-state index in [1.165, 1.54) is 0 Å². The first-order valence-electron chi connectivity index (χ1n) is 4.97. The number of carbonyl (C=O) groups is 2. The Kier molecular flexibility index (Phi) is 6.71. The van der Waals surface area contributed by atoms with E-state index in [4.69, 9.17) is 5.11 Å². The van der Waals surface area contributed by atoms with E-state index in [0.29, 0.717) is 6.42 Å². The molecule has 0 aromatic heterocycles. The van der Waals surface area contributed by atoms with Gasteiger partial charge in [-0.15, -0.1) is 0 Å². The summed E-state index contributed by atoms with van der Waals surface area (Å²) >= 11 is 0. The van der Waals surface area contributed by atoms with Gasteiger partial charge in [-0.3, -0.25) is 4.21 Å². The number of carboxylic acids is 1. The number of urea groups is 1. The molecular formula is C9H18N2O4S. The van der Waals surface area contributed by atoms with Crippen LogP contribution in [0.5, 0.6) is 0 Å². The van der Waals surface area contributed by atoms with Crippen LogP contribution in [0.2, 0.25) is 0 Å². The van der Waals surface area contributed by atoms with Crippen molar-refractivity contribution >= 4 is 22.8 Å². The molecule has 0 rings (SSSR count). The van der Waals surface area contributed by atoms with E-state index in [0.717, 1.165) is 0 Å². The van der Waals surface area contributed by atoms with Gasteiger partial charge in [-0.2, -0.15) is 0 Å². The predicted molar refractivity (Wildman–Crippen MR) is 61.8 cm³/mol. The second kappa shape index (κ2) is 7.21. The lowest BCUT2D eigenvalue weighted by atomic mass is 10.2. The highest BCUT2D eigenvalue weighted by Gasteiger charge is 2.17. The minimum atomic E-state index is -1.07. The molecule has 16 heavy (non-hydrogen) atoms. The van der Waals surface area contributed by atoms with Crippen LogP contribution >= 0.6 is 0 Å². The predicted octanol–water partition coefficient (Wildman–Crippen LogP) is -0.0842. The lowest BCUT2D eigenvalue weighted by Crippen LogP contribution is -2.47. The van der Waals surface area contributed by atoms with Gasteiger partial charge in [-0.05, 0) is 13.3 Å². The summed E-state index contributed by atoms with van der Waals surface area (Å²) < 4.78 is 11.0. The first-order valence-corrected chi connectivity index (χ1v) is 6.60. The van der Waals surface area contributed by atoms with Crippen molar-refractivity contribution in [3.8, 4) is 0 Å². The summed E-state index contributed by atoms with van der Waals surface area (Å²) in [6.07, 6.45) is 1.87. The van der Waals surface area contributed by atoms with Crippen LogP contribution in [0.3, 0.4) is 0 Å². The summed E-state index contributed by atoms with van der Waals surface area (Å²) in [5.41, 5.74) is 0. The van der Waals surface area contributed by atoms with Gasteiger partial charge in [0.25, 0.3) is 0 Å². The first kappa shape index (κ1) is 14.9. The van der Waals surface area contributed by atoms with Crippen molar-refractivity contribution in [1.82, 2.24) is 10.6 Å². The van der Waals surface area contributed by atoms with Crippen molar-refractivity contribution in [1.29, 1.82) is 0 Å². The van der Waals surface area contributed by atoms with Gasteiger partial charge in [0.1, 0.15) is 6.04 Å². The topological polar surface area (TPSA) is 95.5 Å². The van der Waals surface area contributed by atoms with Crippen molar-refractivity contribution in [3.63, 3.8) is 0 Å². The second-order valence-corrected chi connectivity index (χ2v) is 5.26. The number of nitrogens with one attached hydrogen (secondary N) is 2. The van der Waals surface area contributed by atoms with Gasteiger partial charge >= 0.3 is 12.0 Å². The smallest absolute Gasteiger partial charge is 0.326 e. The highest BCUT2D eigenvalue weighted by Crippen LogP contribution is 1.92. The fraction of sp³-hybridized carbons (Fsp3) is 0.778. The third kappa shape index (κ3) is 5.69. The van der Waals surface area contributed by atoms with Crippen molar-refractivity contribution in [2.45, 2.75) is 31.6 Å². The number of hydrogen-bond acceptors (Lipinski definition) is 3. The highest BCUT2D eigenvalue weighted by atomic mass is 32.2. The summed E-state index contributed by atoms with van der Waals surface area (Å²) in [5, 5.41) is 13.3. The molecule has 0 heterocycles. The van der Waals surface area contributed by atoms with Gasteiger partial charge in [0.2, 0.25) is 0 Å². The van der Waals surface area contributed by atoms with Gasteiger partial charge < -0.3 is 15.7 Å². The molecule has 2 amide bonds. The average Bonchev–Trinajstić information content (AvgIpc) is 2.21. The number of rotatable bonds is 6. The zero-order chi connectivity index (χ0) is 12.7. The molecule has 0 aromatic carbocycles. The van der Waals surface area contributed by atoms with Crippen LogP contribution in [-0.2, 0) is 15.6 Å². The minimum absolute atomic E-state index is 0.157. The molecule has 0 spiro atoms. The molecule has 0 aliphatic carbocycles. The maximum absolute atomic E-state index is 11.3. The Bertz CT molecular complexity index is 283. The monoisotopic (exact) mass is 250 g/mol. The number of carbonyl (C=O) groups excluding carboxylic acids is 1. The summed E-state index contributed by atoms with van der Waals surface area (Å²) in [6.45, 7) is 3.67. The number of carboxylic acid groups (broad SMARTS) is 1. The lowest BCUT2D eigenvalue weighted by Gasteiger charge is -2.14. The van der Waals surface area contributed by atoms with E-state index in [9.17, 15) is 13.8 Å². The summed E-state index contributed by atoms with van der Waals surface area (Å²) in [6, 6.07) is -1.44. The maximum atomic E-state index is 11.3. The molecular weight excluding hydrogens is 232 g/mol. The Hall–Kier alpha value is -1.11. The third-order valence-electron chi connectivity index (χ3n) is 2.13. The standard InChI is InChI=1S/C9H18N2O4S/c1-4-7(8(12)13)11-9(14)10-5-6(2)16(3)15/h6-7H,4-5H2,1-3H3,(H,12,13)(H2,10,11,14)/t6?,7-,16?/m0/s1. The minimum Gasteiger partial charge on any atom is -0.480 e. The maximum Gasteiger partial charge on any atom is 0.326 e. The zero-order valence-corrected chi connectivity index (χ0v) is 10.5. The molecule has 3 atom stereocenters. The van der Waals surface area contributed by atoms with Crippen molar-refractivity contribution in [3.05, 3.63) is 0 Å². The van der Waals surface area contributed by atoms with Crippen LogP contribution in [0.1, 0.15) is 20.3 Å². The van der Waals surface area contributed by atoms with Crippen LogP contribution < -0.4 is 10.6 Å². The van der Waals surface area contributed by atoms with Crippen LogP contribution in [0.15, 0.2) is 0 Å². The highest BCUT2D eigenvalue weighted by molar-refractivity contribution is 7.84. The first-order chi connectivity index (χ1) is 7.38. The van der Waals surface area contributed by atoms with Crippen LogP contribution in [0.4, 0.5) is 4.79 Å². The third-order valence-corrected chi connectivity index (χ3v) is 3.43. The second-order valence-electron chi connectivity index (χ2n) is 3.46. The summed E-state index contributed by atoms with van der Waals surface area (Å²) in [4.78, 5) is 21.9. The SMILES string of the molecule is CC[C@H](NC(=O)NCC(C)S(C)=O)C(=O)O. The van der Waals surface area contributed by atoms with Crippen molar-refractivity contribution < 1.29 is 18.9 Å². The quantitative estimate of drug-likeness (QED) is 0.614. The Morgan fingerprint density at radius 3 is 2.38 bits per heavy atom. The van der Waals surface area contributed by atoms with Crippen molar-refractivity contribution in [2.24, 2.45) is 0 Å². The molecule has 0 fully saturated rings. The molecule has 0 radical (unpaired) electrons. The normalized spacial score (nSPS) is 15.9. The van der Waals surface area contributed by atoms with Crippen LogP contribution in [0, 0.1) is 0 Å². The molecule has 2 unspecified atom stereocenters. The van der Waals surface area contributed by atoms with E-state index in [-0.39, 0.29) is 11.8 Å². The zero-order valence-electron chi connectivity index (χ0n) is 9.65. The van der Waals surface area contributed by atoms with Crippen molar-refractivity contribution in [2.75, 3.05) is 12.8 Å². The number of aliphatic carboxylic acids is 1. The molecule has 0 saturated heterocycles. The molecule has 0 bridgehead atoms. The molecule has 0 saturated carbocycles. The van der Waals surface area contributed by atoms with Gasteiger partial charge in [0.05, 0.1) is 0 Å².